The van der Waals surface area contributed by atoms with E-state index in [1.807, 2.05) is 31.2 Å². The first-order chi connectivity index (χ1) is 13.5. The number of ether oxygens (including phenoxy) is 2. The SMILES string of the molecule is CCOC(=O)Cc1c(C(=O)OCC)nnc2c(-c3ccc(Br)cc3)c(C)nn12. The molecule has 0 spiro atoms. The minimum Gasteiger partial charge on any atom is -0.466 e. The van der Waals surface area contributed by atoms with Crippen LogP contribution in [0.15, 0.2) is 28.7 Å². The summed E-state index contributed by atoms with van der Waals surface area (Å²) in [6.07, 6.45) is -0.172. The molecule has 0 saturated heterocycles. The van der Waals surface area contributed by atoms with E-state index < -0.39 is 11.9 Å². The molecule has 0 amide bonds. The van der Waals surface area contributed by atoms with Crippen molar-refractivity contribution in [3.8, 4) is 11.1 Å². The summed E-state index contributed by atoms with van der Waals surface area (Å²) in [5, 5.41) is 12.8. The van der Waals surface area contributed by atoms with Gasteiger partial charge in [-0.25, -0.2) is 9.31 Å². The summed E-state index contributed by atoms with van der Waals surface area (Å²) in [4.78, 5) is 24.4. The van der Waals surface area contributed by atoms with E-state index in [0.717, 1.165) is 15.6 Å². The second-order valence-electron chi connectivity index (χ2n) is 5.90. The Morgan fingerprint density at radius 1 is 1.07 bits per heavy atom. The van der Waals surface area contributed by atoms with Crippen LogP contribution in [0.4, 0.5) is 0 Å². The molecule has 0 N–H and O–H groups in total. The van der Waals surface area contributed by atoms with Crippen molar-refractivity contribution >= 4 is 33.5 Å². The molecule has 0 saturated carbocycles. The minimum atomic E-state index is -0.658. The van der Waals surface area contributed by atoms with Crippen molar-refractivity contribution in [3.63, 3.8) is 0 Å². The molecule has 3 aromatic rings. The second kappa shape index (κ2) is 8.47. The zero-order valence-corrected chi connectivity index (χ0v) is 17.3. The monoisotopic (exact) mass is 446 g/mol. The Kier molecular flexibility index (Phi) is 6.03. The number of rotatable bonds is 6. The van der Waals surface area contributed by atoms with Gasteiger partial charge in [0, 0.05) is 4.47 Å². The lowest BCUT2D eigenvalue weighted by molar-refractivity contribution is -0.142. The Morgan fingerprint density at radius 2 is 1.75 bits per heavy atom. The summed E-state index contributed by atoms with van der Waals surface area (Å²) in [6, 6.07) is 7.69. The summed E-state index contributed by atoms with van der Waals surface area (Å²) in [6.45, 7) is 5.66. The molecule has 0 aliphatic rings. The fourth-order valence-corrected chi connectivity index (χ4v) is 3.14. The molecule has 0 bridgehead atoms. The topological polar surface area (TPSA) is 95.7 Å². The van der Waals surface area contributed by atoms with Crippen LogP contribution in [0, 0.1) is 6.92 Å². The van der Waals surface area contributed by atoms with Gasteiger partial charge in [-0.2, -0.15) is 5.10 Å². The number of esters is 2. The molecule has 146 valence electrons. The van der Waals surface area contributed by atoms with Gasteiger partial charge < -0.3 is 9.47 Å². The van der Waals surface area contributed by atoms with Crippen molar-refractivity contribution in [1.29, 1.82) is 0 Å². The fraction of sp³-hybridized carbons (Fsp3) is 0.316. The van der Waals surface area contributed by atoms with Gasteiger partial charge in [-0.1, -0.05) is 28.1 Å². The first-order valence-corrected chi connectivity index (χ1v) is 9.59. The molecular weight excluding hydrogens is 428 g/mol. The Bertz CT molecular complexity index is 1030. The van der Waals surface area contributed by atoms with Gasteiger partial charge in [0.05, 0.1) is 36.6 Å². The largest absolute Gasteiger partial charge is 0.466 e. The van der Waals surface area contributed by atoms with Crippen LogP contribution < -0.4 is 0 Å². The lowest BCUT2D eigenvalue weighted by Crippen LogP contribution is -2.20. The first-order valence-electron chi connectivity index (χ1n) is 8.79. The molecule has 9 heteroatoms. The van der Waals surface area contributed by atoms with Crippen molar-refractivity contribution in [2.75, 3.05) is 13.2 Å². The van der Waals surface area contributed by atoms with Gasteiger partial charge in [-0.15, -0.1) is 10.2 Å². The molecule has 0 atom stereocenters. The molecule has 0 unspecified atom stereocenters. The third-order valence-corrected chi connectivity index (χ3v) is 4.56. The molecule has 0 aliphatic carbocycles. The Hall–Kier alpha value is -2.81. The smallest absolute Gasteiger partial charge is 0.360 e. The molecule has 1 aromatic carbocycles. The quantitative estimate of drug-likeness (QED) is 0.536. The fourth-order valence-electron chi connectivity index (χ4n) is 2.87. The standard InChI is InChI=1S/C19H19BrN4O4/c1-4-27-15(25)10-14-17(19(26)28-5-2)21-22-18-16(11(3)23-24(14)18)12-6-8-13(20)9-7-12/h6-9H,4-5,10H2,1-3H3. The van der Waals surface area contributed by atoms with Gasteiger partial charge in [-0.3, -0.25) is 4.79 Å². The van der Waals surface area contributed by atoms with Gasteiger partial charge in [0.25, 0.3) is 0 Å². The van der Waals surface area contributed by atoms with E-state index in [0.29, 0.717) is 11.3 Å². The normalized spacial score (nSPS) is 10.9. The summed E-state index contributed by atoms with van der Waals surface area (Å²) in [7, 11) is 0. The summed E-state index contributed by atoms with van der Waals surface area (Å²) in [5.74, 6) is -1.14. The molecular formula is C19H19BrN4O4. The molecule has 0 fully saturated rings. The third kappa shape index (κ3) is 3.89. The highest BCUT2D eigenvalue weighted by atomic mass is 79.9. The van der Waals surface area contributed by atoms with Crippen LogP contribution in [0.5, 0.6) is 0 Å². The predicted octanol–water partition coefficient (Wildman–Crippen LogP) is 3.14. The lowest BCUT2D eigenvalue weighted by Gasteiger charge is -2.09. The Balaban J connectivity index is 2.20. The summed E-state index contributed by atoms with van der Waals surface area (Å²) < 4.78 is 12.5. The van der Waals surface area contributed by atoms with Gasteiger partial charge in [0.2, 0.25) is 0 Å². The number of aryl methyl sites for hydroxylation is 1. The van der Waals surface area contributed by atoms with E-state index in [1.165, 1.54) is 4.52 Å². The highest BCUT2D eigenvalue weighted by Gasteiger charge is 2.25. The number of hydrogen-bond acceptors (Lipinski definition) is 7. The number of hydrogen-bond donors (Lipinski definition) is 0. The summed E-state index contributed by atoms with van der Waals surface area (Å²) in [5.41, 5.74) is 3.06. The second-order valence-corrected chi connectivity index (χ2v) is 6.82. The van der Waals surface area contributed by atoms with Crippen LogP contribution in [-0.2, 0) is 20.7 Å². The van der Waals surface area contributed by atoms with Crippen LogP contribution >= 0.6 is 15.9 Å². The number of carbonyl (C=O) groups is 2. The van der Waals surface area contributed by atoms with Gasteiger partial charge >= 0.3 is 11.9 Å². The zero-order chi connectivity index (χ0) is 20.3. The molecule has 0 aliphatic heterocycles. The zero-order valence-electron chi connectivity index (χ0n) is 15.7. The van der Waals surface area contributed by atoms with Crippen LogP contribution in [0.1, 0.15) is 35.7 Å². The van der Waals surface area contributed by atoms with E-state index in [1.54, 1.807) is 13.8 Å². The average Bonchev–Trinajstić information content (AvgIpc) is 2.99. The van der Waals surface area contributed by atoms with Crippen molar-refractivity contribution < 1.29 is 19.1 Å². The number of aromatic nitrogens is 4. The molecule has 2 heterocycles. The van der Waals surface area contributed by atoms with E-state index in [-0.39, 0.29) is 31.0 Å². The van der Waals surface area contributed by atoms with Crippen LogP contribution in [0.25, 0.3) is 16.8 Å². The highest BCUT2D eigenvalue weighted by molar-refractivity contribution is 9.10. The van der Waals surface area contributed by atoms with Crippen molar-refractivity contribution in [2.45, 2.75) is 27.2 Å². The average molecular weight is 447 g/mol. The van der Waals surface area contributed by atoms with Crippen LogP contribution in [0.2, 0.25) is 0 Å². The van der Waals surface area contributed by atoms with Crippen molar-refractivity contribution in [1.82, 2.24) is 19.8 Å². The van der Waals surface area contributed by atoms with Crippen molar-refractivity contribution in [2.24, 2.45) is 0 Å². The molecule has 8 nitrogen and oxygen atoms in total. The lowest BCUT2D eigenvalue weighted by atomic mass is 10.1. The number of benzene rings is 1. The summed E-state index contributed by atoms with van der Waals surface area (Å²) >= 11 is 3.42. The maximum absolute atomic E-state index is 12.3. The number of nitrogens with zero attached hydrogens (tertiary/aromatic N) is 4. The van der Waals surface area contributed by atoms with E-state index in [2.05, 4.69) is 31.2 Å². The number of fused-ring (bicyclic) bond motifs is 1. The number of carbonyl (C=O) groups excluding carboxylic acids is 2. The van der Waals surface area contributed by atoms with Crippen LogP contribution in [-0.4, -0.2) is 45.0 Å². The first kappa shape index (κ1) is 19.9. The van der Waals surface area contributed by atoms with E-state index in [9.17, 15) is 9.59 Å². The Morgan fingerprint density at radius 3 is 2.39 bits per heavy atom. The molecule has 2 aromatic heterocycles. The third-order valence-electron chi connectivity index (χ3n) is 4.03. The minimum absolute atomic E-state index is 0.0488. The maximum Gasteiger partial charge on any atom is 0.360 e. The number of halogens is 1. The van der Waals surface area contributed by atoms with Gasteiger partial charge in [0.1, 0.15) is 0 Å². The molecule has 3 rings (SSSR count). The molecule has 28 heavy (non-hydrogen) atoms. The Labute approximate surface area is 170 Å². The van der Waals surface area contributed by atoms with Crippen LogP contribution in [0.3, 0.4) is 0 Å². The van der Waals surface area contributed by atoms with E-state index in [4.69, 9.17) is 9.47 Å². The van der Waals surface area contributed by atoms with Gasteiger partial charge in [0.15, 0.2) is 11.3 Å². The maximum atomic E-state index is 12.3. The highest BCUT2D eigenvalue weighted by Crippen LogP contribution is 2.29. The van der Waals surface area contributed by atoms with E-state index >= 15 is 0 Å². The molecule has 0 radical (unpaired) electrons. The van der Waals surface area contributed by atoms with Gasteiger partial charge in [-0.05, 0) is 38.5 Å². The van der Waals surface area contributed by atoms with Crippen molar-refractivity contribution in [3.05, 3.63) is 45.8 Å². The predicted molar refractivity (Wildman–Crippen MR) is 105 cm³/mol.